The highest BCUT2D eigenvalue weighted by Crippen LogP contribution is 2.24. The molecule has 1 aromatic carbocycles. The monoisotopic (exact) mass is 220 g/mol. The Morgan fingerprint density at radius 2 is 2.31 bits per heavy atom. The second-order valence-corrected chi connectivity index (χ2v) is 3.50. The minimum Gasteiger partial charge on any atom is -0.491 e. The van der Waals surface area contributed by atoms with Gasteiger partial charge in [0.25, 0.3) is 5.91 Å². The van der Waals surface area contributed by atoms with Crippen molar-refractivity contribution in [3.8, 4) is 5.75 Å². The van der Waals surface area contributed by atoms with E-state index in [1.165, 1.54) is 6.92 Å². The van der Waals surface area contributed by atoms with Crippen molar-refractivity contribution >= 4 is 17.5 Å². The highest BCUT2D eigenvalue weighted by Gasteiger charge is 2.16. The van der Waals surface area contributed by atoms with Gasteiger partial charge in [0.05, 0.1) is 12.1 Å². The van der Waals surface area contributed by atoms with E-state index in [2.05, 4.69) is 10.6 Å². The lowest BCUT2D eigenvalue weighted by molar-refractivity contribution is -0.114. The molecule has 84 valence electrons. The first kappa shape index (κ1) is 10.5. The van der Waals surface area contributed by atoms with Crippen LogP contribution in [0, 0.1) is 0 Å². The highest BCUT2D eigenvalue weighted by molar-refractivity contribution is 5.99. The summed E-state index contributed by atoms with van der Waals surface area (Å²) in [4.78, 5) is 22.5. The summed E-state index contributed by atoms with van der Waals surface area (Å²) in [6.45, 7) is 2.36. The van der Waals surface area contributed by atoms with Gasteiger partial charge in [-0.3, -0.25) is 9.59 Å². The van der Waals surface area contributed by atoms with Crippen molar-refractivity contribution in [3.05, 3.63) is 23.8 Å². The van der Waals surface area contributed by atoms with Crippen molar-refractivity contribution in [1.29, 1.82) is 0 Å². The van der Waals surface area contributed by atoms with Gasteiger partial charge in [-0.05, 0) is 18.2 Å². The summed E-state index contributed by atoms with van der Waals surface area (Å²) in [7, 11) is 0. The predicted molar refractivity (Wildman–Crippen MR) is 58.6 cm³/mol. The van der Waals surface area contributed by atoms with E-state index in [9.17, 15) is 9.59 Å². The quantitative estimate of drug-likeness (QED) is 0.734. The molecule has 0 radical (unpaired) electrons. The van der Waals surface area contributed by atoms with Crippen LogP contribution in [0.2, 0.25) is 0 Å². The summed E-state index contributed by atoms with van der Waals surface area (Å²) in [6.07, 6.45) is 0. The molecule has 0 atom stereocenters. The molecule has 1 aliphatic heterocycles. The molecule has 0 unspecified atom stereocenters. The molecule has 1 heterocycles. The Bertz CT molecular complexity index is 443. The second kappa shape index (κ2) is 4.22. The van der Waals surface area contributed by atoms with Crippen molar-refractivity contribution in [2.24, 2.45) is 0 Å². The van der Waals surface area contributed by atoms with Crippen LogP contribution in [0.5, 0.6) is 5.75 Å². The van der Waals surface area contributed by atoms with Crippen LogP contribution in [-0.2, 0) is 4.79 Å². The molecule has 16 heavy (non-hydrogen) atoms. The molecule has 5 heteroatoms. The molecule has 2 rings (SSSR count). The van der Waals surface area contributed by atoms with Gasteiger partial charge in [0.15, 0.2) is 0 Å². The number of rotatable bonds is 1. The number of hydrogen-bond acceptors (Lipinski definition) is 3. The predicted octanol–water partition coefficient (Wildman–Crippen LogP) is 0.767. The Kier molecular flexibility index (Phi) is 2.76. The Hall–Kier alpha value is -2.04. The van der Waals surface area contributed by atoms with Gasteiger partial charge in [0, 0.05) is 12.6 Å². The Morgan fingerprint density at radius 1 is 1.50 bits per heavy atom. The van der Waals surface area contributed by atoms with E-state index in [0.29, 0.717) is 30.2 Å². The van der Waals surface area contributed by atoms with Crippen LogP contribution in [0.25, 0.3) is 0 Å². The van der Waals surface area contributed by atoms with E-state index in [1.807, 2.05) is 0 Å². The number of amides is 2. The highest BCUT2D eigenvalue weighted by atomic mass is 16.5. The molecule has 5 nitrogen and oxygen atoms in total. The fourth-order valence-electron chi connectivity index (χ4n) is 1.54. The lowest BCUT2D eigenvalue weighted by Crippen LogP contribution is -2.24. The van der Waals surface area contributed by atoms with Crippen molar-refractivity contribution < 1.29 is 14.3 Å². The number of hydrogen-bond donors (Lipinski definition) is 2. The molecule has 2 amide bonds. The first-order chi connectivity index (χ1) is 7.66. The zero-order valence-corrected chi connectivity index (χ0v) is 8.87. The summed E-state index contributed by atoms with van der Waals surface area (Å²) in [5, 5.41) is 5.33. The smallest absolute Gasteiger partial charge is 0.255 e. The van der Waals surface area contributed by atoms with Crippen LogP contribution in [0.15, 0.2) is 18.2 Å². The van der Waals surface area contributed by atoms with E-state index in [4.69, 9.17) is 4.74 Å². The zero-order chi connectivity index (χ0) is 11.5. The van der Waals surface area contributed by atoms with Crippen molar-refractivity contribution in [3.63, 3.8) is 0 Å². The zero-order valence-electron chi connectivity index (χ0n) is 8.87. The van der Waals surface area contributed by atoms with E-state index in [-0.39, 0.29) is 11.8 Å². The Morgan fingerprint density at radius 3 is 3.06 bits per heavy atom. The van der Waals surface area contributed by atoms with Crippen LogP contribution in [0.1, 0.15) is 17.3 Å². The summed E-state index contributed by atoms with van der Waals surface area (Å²) in [5.41, 5.74) is 1.04. The number of nitrogens with one attached hydrogen (secondary N) is 2. The third kappa shape index (κ3) is 2.13. The van der Waals surface area contributed by atoms with Crippen LogP contribution in [0.4, 0.5) is 5.69 Å². The van der Waals surface area contributed by atoms with Gasteiger partial charge in [-0.2, -0.15) is 0 Å². The summed E-state index contributed by atoms with van der Waals surface area (Å²) < 4.78 is 5.38. The van der Waals surface area contributed by atoms with Gasteiger partial charge in [-0.1, -0.05) is 0 Å². The maximum atomic E-state index is 11.6. The number of anilines is 1. The first-order valence-corrected chi connectivity index (χ1v) is 4.99. The molecule has 0 spiro atoms. The number of carbonyl (C=O) groups excluding carboxylic acids is 2. The van der Waals surface area contributed by atoms with Crippen molar-refractivity contribution in [2.45, 2.75) is 6.92 Å². The molecule has 0 saturated carbocycles. The van der Waals surface area contributed by atoms with E-state index >= 15 is 0 Å². The molecule has 0 bridgehead atoms. The first-order valence-electron chi connectivity index (χ1n) is 4.99. The van der Waals surface area contributed by atoms with Gasteiger partial charge in [0.2, 0.25) is 5.91 Å². The minimum absolute atomic E-state index is 0.171. The lowest BCUT2D eigenvalue weighted by Gasteiger charge is -2.08. The molecule has 1 aliphatic rings. The largest absolute Gasteiger partial charge is 0.491 e. The number of ether oxygens (including phenoxy) is 1. The van der Waals surface area contributed by atoms with Crippen molar-refractivity contribution in [2.75, 3.05) is 18.5 Å². The van der Waals surface area contributed by atoms with E-state index < -0.39 is 0 Å². The van der Waals surface area contributed by atoms with E-state index in [1.54, 1.807) is 18.2 Å². The Balaban J connectivity index is 2.35. The standard InChI is InChI=1S/C11H12N2O3/c1-7(14)13-8-2-3-10-9(6-8)11(15)12-4-5-16-10/h2-3,6H,4-5H2,1H3,(H,12,15)(H,13,14). The molecule has 0 fully saturated rings. The second-order valence-electron chi connectivity index (χ2n) is 3.50. The maximum Gasteiger partial charge on any atom is 0.255 e. The maximum absolute atomic E-state index is 11.6. The molecule has 1 aromatic rings. The number of fused-ring (bicyclic) bond motifs is 1. The summed E-state index contributed by atoms with van der Waals surface area (Å²) in [5.74, 6) is 0.193. The normalized spacial score (nSPS) is 14.2. The van der Waals surface area contributed by atoms with Gasteiger partial charge in [-0.25, -0.2) is 0 Å². The molecular formula is C11H12N2O3. The third-order valence-electron chi connectivity index (χ3n) is 2.19. The Labute approximate surface area is 92.8 Å². The number of carbonyl (C=O) groups is 2. The lowest BCUT2D eigenvalue weighted by atomic mass is 10.1. The van der Waals surface area contributed by atoms with Gasteiger partial charge in [-0.15, -0.1) is 0 Å². The van der Waals surface area contributed by atoms with Gasteiger partial charge in [0.1, 0.15) is 12.4 Å². The molecular weight excluding hydrogens is 208 g/mol. The fourth-order valence-corrected chi connectivity index (χ4v) is 1.54. The molecule has 2 N–H and O–H groups in total. The third-order valence-corrected chi connectivity index (χ3v) is 2.19. The van der Waals surface area contributed by atoms with Gasteiger partial charge < -0.3 is 15.4 Å². The molecule has 0 aromatic heterocycles. The average molecular weight is 220 g/mol. The van der Waals surface area contributed by atoms with Crippen LogP contribution in [0.3, 0.4) is 0 Å². The topological polar surface area (TPSA) is 67.4 Å². The minimum atomic E-state index is -0.181. The van der Waals surface area contributed by atoms with E-state index in [0.717, 1.165) is 0 Å². The summed E-state index contributed by atoms with van der Waals surface area (Å²) >= 11 is 0. The number of benzene rings is 1. The van der Waals surface area contributed by atoms with Crippen LogP contribution >= 0.6 is 0 Å². The molecule has 0 saturated heterocycles. The fraction of sp³-hybridized carbons (Fsp3) is 0.273. The van der Waals surface area contributed by atoms with Crippen molar-refractivity contribution in [1.82, 2.24) is 5.32 Å². The average Bonchev–Trinajstić information content (AvgIpc) is 2.41. The molecule has 0 aliphatic carbocycles. The van der Waals surface area contributed by atoms with Crippen LogP contribution in [-0.4, -0.2) is 25.0 Å². The van der Waals surface area contributed by atoms with Crippen LogP contribution < -0.4 is 15.4 Å². The summed E-state index contributed by atoms with van der Waals surface area (Å²) in [6, 6.07) is 5.00. The van der Waals surface area contributed by atoms with Gasteiger partial charge >= 0.3 is 0 Å². The SMILES string of the molecule is CC(=O)Nc1ccc2c(c1)C(=O)NCCO2.